The highest BCUT2D eigenvalue weighted by Crippen LogP contribution is 2.22. The van der Waals surface area contributed by atoms with Crippen molar-refractivity contribution in [3.05, 3.63) is 83.9 Å². The van der Waals surface area contributed by atoms with Crippen molar-refractivity contribution in [2.24, 2.45) is 0 Å². The molecule has 0 aliphatic carbocycles. The lowest BCUT2D eigenvalue weighted by Crippen LogP contribution is -2.18. The molecule has 2 N–H and O–H groups in total. The van der Waals surface area contributed by atoms with Gasteiger partial charge < -0.3 is 10.1 Å². The van der Waals surface area contributed by atoms with Gasteiger partial charge in [0.25, 0.3) is 15.9 Å². The number of carbonyl (C=O) groups is 1. The molecule has 0 aliphatic rings. The Bertz CT molecular complexity index is 1170. The first-order valence-corrected chi connectivity index (χ1v) is 9.98. The standard InChI is InChI=1S/C21H17N3O4S/c1-28-17-10-8-16(9-11-17)23-21(25)19-4-2-3-5-20(19)24-29(26,27)18-12-6-15(14-22)7-13-18/h2-13,24H,1H3,(H,23,25). The number of para-hydroxylation sites is 1. The van der Waals surface area contributed by atoms with Gasteiger partial charge in [-0.1, -0.05) is 12.1 Å². The molecule has 0 spiro atoms. The predicted octanol–water partition coefficient (Wildman–Crippen LogP) is 3.62. The maximum absolute atomic E-state index is 12.7. The number of hydrogen-bond donors (Lipinski definition) is 2. The van der Waals surface area contributed by atoms with Crippen LogP contribution < -0.4 is 14.8 Å². The number of sulfonamides is 1. The van der Waals surface area contributed by atoms with Gasteiger partial charge in [0.05, 0.1) is 34.9 Å². The maximum Gasteiger partial charge on any atom is 0.261 e. The van der Waals surface area contributed by atoms with Crippen LogP contribution in [-0.2, 0) is 10.0 Å². The van der Waals surface area contributed by atoms with E-state index in [2.05, 4.69) is 10.0 Å². The highest BCUT2D eigenvalue weighted by molar-refractivity contribution is 7.92. The third-order valence-corrected chi connectivity index (χ3v) is 5.44. The van der Waals surface area contributed by atoms with E-state index in [1.807, 2.05) is 6.07 Å². The Morgan fingerprint density at radius 3 is 2.24 bits per heavy atom. The number of anilines is 2. The Labute approximate surface area is 168 Å². The fourth-order valence-electron chi connectivity index (χ4n) is 2.56. The van der Waals surface area contributed by atoms with Crippen molar-refractivity contribution >= 4 is 27.3 Å². The lowest BCUT2D eigenvalue weighted by atomic mass is 10.1. The van der Waals surface area contributed by atoms with Crippen molar-refractivity contribution in [2.45, 2.75) is 4.90 Å². The van der Waals surface area contributed by atoms with E-state index in [1.165, 1.54) is 36.4 Å². The first-order valence-electron chi connectivity index (χ1n) is 8.50. The molecule has 0 unspecified atom stereocenters. The van der Waals surface area contributed by atoms with Crippen LogP contribution in [0.15, 0.2) is 77.7 Å². The SMILES string of the molecule is COc1ccc(NC(=O)c2ccccc2NS(=O)(=O)c2ccc(C#N)cc2)cc1. The molecule has 0 fully saturated rings. The molecule has 0 bridgehead atoms. The highest BCUT2D eigenvalue weighted by Gasteiger charge is 2.18. The number of benzene rings is 3. The fraction of sp³-hybridized carbons (Fsp3) is 0.0476. The number of rotatable bonds is 6. The molecule has 3 aromatic rings. The molecule has 0 aromatic heterocycles. The van der Waals surface area contributed by atoms with Crippen LogP contribution in [0.25, 0.3) is 0 Å². The van der Waals surface area contributed by atoms with Crippen molar-refractivity contribution in [1.82, 2.24) is 0 Å². The number of carbonyl (C=O) groups excluding carboxylic acids is 1. The lowest BCUT2D eigenvalue weighted by Gasteiger charge is -2.13. The monoisotopic (exact) mass is 407 g/mol. The first-order chi connectivity index (χ1) is 13.9. The van der Waals surface area contributed by atoms with Gasteiger partial charge in [-0.3, -0.25) is 9.52 Å². The smallest absolute Gasteiger partial charge is 0.261 e. The van der Waals surface area contributed by atoms with Crippen LogP contribution in [0.3, 0.4) is 0 Å². The van der Waals surface area contributed by atoms with E-state index in [-0.39, 0.29) is 16.1 Å². The largest absolute Gasteiger partial charge is 0.497 e. The van der Waals surface area contributed by atoms with E-state index in [0.717, 1.165) is 0 Å². The molecule has 0 heterocycles. The van der Waals surface area contributed by atoms with Gasteiger partial charge in [-0.2, -0.15) is 5.26 Å². The summed E-state index contributed by atoms with van der Waals surface area (Å²) in [5.41, 5.74) is 1.20. The van der Waals surface area contributed by atoms with Gasteiger partial charge in [0.1, 0.15) is 5.75 Å². The molecule has 146 valence electrons. The summed E-state index contributed by atoms with van der Waals surface area (Å²) in [6, 6.07) is 20.5. The molecule has 0 radical (unpaired) electrons. The highest BCUT2D eigenvalue weighted by atomic mass is 32.2. The molecule has 0 saturated carbocycles. The zero-order valence-corrected chi connectivity index (χ0v) is 16.2. The number of hydrogen-bond acceptors (Lipinski definition) is 5. The number of amides is 1. The quantitative estimate of drug-likeness (QED) is 0.649. The predicted molar refractivity (Wildman–Crippen MR) is 109 cm³/mol. The number of nitrogens with zero attached hydrogens (tertiary/aromatic N) is 1. The molecule has 3 aromatic carbocycles. The minimum absolute atomic E-state index is 0.0122. The van der Waals surface area contributed by atoms with Crippen LogP contribution in [-0.4, -0.2) is 21.4 Å². The van der Waals surface area contributed by atoms with E-state index in [0.29, 0.717) is 17.0 Å². The van der Waals surface area contributed by atoms with Gasteiger partial charge in [0.2, 0.25) is 0 Å². The van der Waals surface area contributed by atoms with Crippen LogP contribution in [0.4, 0.5) is 11.4 Å². The van der Waals surface area contributed by atoms with Crippen molar-refractivity contribution in [3.8, 4) is 11.8 Å². The summed E-state index contributed by atoms with van der Waals surface area (Å²) >= 11 is 0. The summed E-state index contributed by atoms with van der Waals surface area (Å²) in [7, 11) is -2.39. The second-order valence-electron chi connectivity index (χ2n) is 5.97. The molecule has 8 heteroatoms. The molecule has 7 nitrogen and oxygen atoms in total. The average molecular weight is 407 g/mol. The molecular formula is C21H17N3O4S. The number of nitriles is 1. The van der Waals surface area contributed by atoms with Gasteiger partial charge in [-0.25, -0.2) is 8.42 Å². The molecule has 0 atom stereocenters. The van der Waals surface area contributed by atoms with Crippen molar-refractivity contribution < 1.29 is 17.9 Å². The van der Waals surface area contributed by atoms with Crippen molar-refractivity contribution in [2.75, 3.05) is 17.1 Å². The van der Waals surface area contributed by atoms with E-state index in [9.17, 15) is 13.2 Å². The summed E-state index contributed by atoms with van der Waals surface area (Å²) in [6.45, 7) is 0. The Kier molecular flexibility index (Phi) is 5.81. The molecular weight excluding hydrogens is 390 g/mol. The fourth-order valence-corrected chi connectivity index (χ4v) is 3.63. The second kappa shape index (κ2) is 8.46. The summed E-state index contributed by atoms with van der Waals surface area (Å²) < 4.78 is 32.8. The van der Waals surface area contributed by atoms with E-state index < -0.39 is 15.9 Å². The lowest BCUT2D eigenvalue weighted by molar-refractivity contribution is 0.102. The van der Waals surface area contributed by atoms with Gasteiger partial charge in [-0.05, 0) is 60.7 Å². The number of ether oxygens (including phenoxy) is 1. The topological polar surface area (TPSA) is 108 Å². The summed E-state index contributed by atoms with van der Waals surface area (Å²) in [4.78, 5) is 12.7. The van der Waals surface area contributed by atoms with E-state index >= 15 is 0 Å². The minimum Gasteiger partial charge on any atom is -0.497 e. The molecule has 1 amide bonds. The van der Waals surface area contributed by atoms with Crippen molar-refractivity contribution in [3.63, 3.8) is 0 Å². The summed E-state index contributed by atoms with van der Waals surface area (Å²) in [5.74, 6) is 0.187. The van der Waals surface area contributed by atoms with E-state index in [1.54, 1.807) is 43.5 Å². The van der Waals surface area contributed by atoms with Gasteiger partial charge in [0, 0.05) is 5.69 Å². The minimum atomic E-state index is -3.93. The molecule has 3 rings (SSSR count). The molecule has 0 saturated heterocycles. The third kappa shape index (κ3) is 4.72. The first kappa shape index (κ1) is 19.9. The normalized spacial score (nSPS) is 10.6. The van der Waals surface area contributed by atoms with Gasteiger partial charge in [0.15, 0.2) is 0 Å². The van der Waals surface area contributed by atoms with Crippen LogP contribution in [0.5, 0.6) is 5.75 Å². The van der Waals surface area contributed by atoms with Gasteiger partial charge in [-0.15, -0.1) is 0 Å². The van der Waals surface area contributed by atoms with Crippen LogP contribution in [0, 0.1) is 11.3 Å². The number of nitrogens with one attached hydrogen (secondary N) is 2. The average Bonchev–Trinajstić information content (AvgIpc) is 2.74. The molecule has 29 heavy (non-hydrogen) atoms. The Morgan fingerprint density at radius 1 is 0.966 bits per heavy atom. The Balaban J connectivity index is 1.83. The van der Waals surface area contributed by atoms with Crippen LogP contribution >= 0.6 is 0 Å². The third-order valence-electron chi connectivity index (χ3n) is 4.06. The van der Waals surface area contributed by atoms with Crippen LogP contribution in [0.2, 0.25) is 0 Å². The zero-order valence-electron chi connectivity index (χ0n) is 15.4. The van der Waals surface area contributed by atoms with Crippen LogP contribution in [0.1, 0.15) is 15.9 Å². The summed E-state index contributed by atoms with van der Waals surface area (Å²) in [5, 5.41) is 11.6. The summed E-state index contributed by atoms with van der Waals surface area (Å²) in [6.07, 6.45) is 0. The zero-order chi connectivity index (χ0) is 20.9. The molecule has 0 aliphatic heterocycles. The second-order valence-corrected chi connectivity index (χ2v) is 7.65. The number of methoxy groups -OCH3 is 1. The maximum atomic E-state index is 12.7. The van der Waals surface area contributed by atoms with Crippen molar-refractivity contribution in [1.29, 1.82) is 5.26 Å². The van der Waals surface area contributed by atoms with Gasteiger partial charge >= 0.3 is 0 Å². The van der Waals surface area contributed by atoms with E-state index in [4.69, 9.17) is 10.00 Å². The Morgan fingerprint density at radius 2 is 1.62 bits per heavy atom. The Hall–Kier alpha value is -3.83.